The van der Waals surface area contributed by atoms with Gasteiger partial charge < -0.3 is 49.1 Å². The molecule has 0 saturated carbocycles. The molecule has 12 N–H and O–H groups in total. The Balaban J connectivity index is -0.000000105. The first-order valence-corrected chi connectivity index (χ1v) is 26.6. The molecule has 0 radical (unpaired) electrons. The maximum Gasteiger partial charge on any atom is 0.152 e. The number of likely N-dealkylation sites (N-methyl/N-ethyl adjacent to an activating group) is 1. The molecule has 73 heavy (non-hydrogen) atoms. The van der Waals surface area contributed by atoms with Crippen molar-refractivity contribution in [3.63, 3.8) is 0 Å². The standard InChI is InChI=1S/C14H29N3O.C14H31N3.C14H28N2O.C14H30N2.5CH4/c1-10(2)14(18)13(17(6)11(3)4)8-7-9-16-12(5)15;1-11(2)10-14(17(6)12(3)4)8-7-9-16-13(5)15;1-10(2)9-13(14(17)11(3)4)7-6-8-16-12(5)15;1-11(2)9-14(10-12(3)4)7-6-8-16-13(5)15;;;;;/h10-11,13,16H,5,7-9,15H2,1-4,6H3;11-12,14,16H,5,7-10,15H2,1-4,6H3;10-11,13,16H,5-9,15H2,1-4H3;11-12,14,16H,5-10,15H2,1-4H3;5*1H4/t13-;14-;13-;;;;;;/m001....../s1. The van der Waals surface area contributed by atoms with Crippen LogP contribution in [-0.2, 0) is 9.59 Å². The summed E-state index contributed by atoms with van der Waals surface area (Å²) in [5, 5.41) is 12.2. The molecule has 3 atom stereocenters. The zero-order valence-corrected chi connectivity index (χ0v) is 48.1. The van der Waals surface area contributed by atoms with E-state index in [0.29, 0.717) is 58.9 Å². The van der Waals surface area contributed by atoms with E-state index in [1.54, 1.807) is 0 Å². The Morgan fingerprint density at radius 1 is 0.411 bits per heavy atom. The smallest absolute Gasteiger partial charge is 0.152 e. The summed E-state index contributed by atoms with van der Waals surface area (Å²) in [7, 11) is 4.25. The summed E-state index contributed by atoms with van der Waals surface area (Å²) in [5.74, 6) is 7.07. The maximum atomic E-state index is 12.2. The lowest BCUT2D eigenvalue weighted by Crippen LogP contribution is -2.44. The Morgan fingerprint density at radius 2 is 0.712 bits per heavy atom. The molecule has 12 nitrogen and oxygen atoms in total. The quantitative estimate of drug-likeness (QED) is 0.0277. The third-order valence-electron chi connectivity index (χ3n) is 12.0. The second-order valence-corrected chi connectivity index (χ2v) is 22.3. The maximum absolute atomic E-state index is 12.2. The number of Topliss-reactive ketones (excluding diaryl/α,β-unsaturated/α-hetero) is 2. The minimum absolute atomic E-state index is 0. The van der Waals surface area contributed by atoms with Gasteiger partial charge in [-0.2, -0.15) is 0 Å². The minimum atomic E-state index is -0.00200. The van der Waals surface area contributed by atoms with Gasteiger partial charge in [-0.15, -0.1) is 0 Å². The van der Waals surface area contributed by atoms with Gasteiger partial charge >= 0.3 is 0 Å². The van der Waals surface area contributed by atoms with Crippen molar-refractivity contribution >= 4 is 11.6 Å². The highest BCUT2D eigenvalue weighted by Crippen LogP contribution is 2.25. The van der Waals surface area contributed by atoms with E-state index in [9.17, 15) is 9.59 Å². The lowest BCUT2D eigenvalue weighted by molar-refractivity contribution is -0.128. The predicted octanol–water partition coefficient (Wildman–Crippen LogP) is 13.6. The summed E-state index contributed by atoms with van der Waals surface area (Å²) in [6.45, 7) is 52.7. The van der Waals surface area contributed by atoms with E-state index >= 15 is 0 Å². The number of nitrogens with one attached hydrogen (secondary N) is 4. The van der Waals surface area contributed by atoms with Gasteiger partial charge in [0.1, 0.15) is 5.78 Å². The van der Waals surface area contributed by atoms with Gasteiger partial charge in [0.2, 0.25) is 0 Å². The second kappa shape index (κ2) is 53.4. The number of ketones is 2. The zero-order valence-electron chi connectivity index (χ0n) is 48.1. The Hall–Kier alpha value is -3.38. The van der Waals surface area contributed by atoms with Gasteiger partial charge in [0.25, 0.3) is 0 Å². The lowest BCUT2D eigenvalue weighted by atomic mass is 9.85. The second-order valence-electron chi connectivity index (χ2n) is 22.3. The fourth-order valence-electron chi connectivity index (χ4n) is 8.19. The molecule has 0 bridgehead atoms. The van der Waals surface area contributed by atoms with E-state index < -0.39 is 0 Å². The molecule has 0 unspecified atom stereocenters. The van der Waals surface area contributed by atoms with Crippen molar-refractivity contribution in [2.45, 2.75) is 249 Å². The molecule has 0 heterocycles. The predicted molar refractivity (Wildman–Crippen MR) is 334 cm³/mol. The monoisotopic (exact) mass is 1040 g/mol. The average Bonchev–Trinajstić information content (AvgIpc) is 3.20. The van der Waals surface area contributed by atoms with Crippen molar-refractivity contribution in [2.75, 3.05) is 40.3 Å². The number of nitrogens with two attached hydrogens (primary N) is 4. The zero-order chi connectivity index (χ0) is 53.7. The van der Waals surface area contributed by atoms with Crippen molar-refractivity contribution in [1.29, 1.82) is 0 Å². The van der Waals surface area contributed by atoms with Gasteiger partial charge in [-0.25, -0.2) is 0 Å². The molecule has 0 aliphatic rings. The molecule has 0 aromatic heterocycles. The molecule has 0 aromatic rings. The molecular formula is C61H138N10O2. The van der Waals surface area contributed by atoms with Crippen LogP contribution in [0.15, 0.2) is 49.6 Å². The highest BCUT2D eigenvalue weighted by Gasteiger charge is 2.26. The van der Waals surface area contributed by atoms with Gasteiger partial charge in [-0.1, -0.05) is 147 Å². The van der Waals surface area contributed by atoms with E-state index in [2.05, 4.69) is 148 Å². The van der Waals surface area contributed by atoms with Crippen LogP contribution in [0.1, 0.15) is 225 Å². The number of hydrogen-bond donors (Lipinski definition) is 8. The molecule has 0 amide bonds. The van der Waals surface area contributed by atoms with E-state index in [1.807, 2.05) is 34.7 Å². The van der Waals surface area contributed by atoms with Gasteiger partial charge in [-0.3, -0.25) is 14.5 Å². The molecule has 444 valence electrons. The molecule has 0 spiro atoms. The number of nitrogens with zero attached hydrogens (tertiary/aromatic N) is 2. The Bertz CT molecular complexity index is 1300. The molecule has 0 rings (SSSR count). The molecule has 0 aliphatic carbocycles. The van der Waals surface area contributed by atoms with Crippen molar-refractivity contribution in [2.24, 2.45) is 70.3 Å². The minimum Gasteiger partial charge on any atom is -0.386 e. The van der Waals surface area contributed by atoms with Crippen molar-refractivity contribution in [3.05, 3.63) is 49.6 Å². The third kappa shape index (κ3) is 57.7. The van der Waals surface area contributed by atoms with Gasteiger partial charge in [0.15, 0.2) is 5.78 Å². The van der Waals surface area contributed by atoms with Crippen LogP contribution >= 0.6 is 0 Å². The first kappa shape index (κ1) is 89.2. The van der Waals surface area contributed by atoms with E-state index in [4.69, 9.17) is 22.9 Å². The Morgan fingerprint density at radius 3 is 1.00 bits per heavy atom. The fourth-order valence-corrected chi connectivity index (χ4v) is 8.19. The number of carbonyl (C=O) groups excluding carboxylic acids is 2. The van der Waals surface area contributed by atoms with Gasteiger partial charge in [0.05, 0.1) is 29.3 Å². The summed E-state index contributed by atoms with van der Waals surface area (Å²) < 4.78 is 0. The van der Waals surface area contributed by atoms with E-state index in [0.717, 1.165) is 88.4 Å². The third-order valence-corrected chi connectivity index (χ3v) is 12.0. The largest absolute Gasteiger partial charge is 0.386 e. The SMILES string of the molecule is C.C.C.C.C.C=C(N)NCCCC(CC(C)C)CC(C)C.C=C(N)NCCC[C@@H](C(=O)C(C)C)N(C)C(C)C.C=C(N)NCCC[C@@H](CC(C)C)N(C)C(C)C.C=C(N)NCCC[C@H](CC(C)C)C(=O)C(C)C. The van der Waals surface area contributed by atoms with Crippen LogP contribution in [0, 0.1) is 47.3 Å². The number of hydrogen-bond acceptors (Lipinski definition) is 12. The lowest BCUT2D eigenvalue weighted by Gasteiger charge is -2.32. The molecule has 12 heteroatoms. The summed E-state index contributed by atoms with van der Waals surface area (Å²) in [6.07, 6.45) is 13.5. The molecular weight excluding hydrogens is 905 g/mol. The fraction of sp³-hybridized carbons (Fsp3) is 0.836. The molecule has 0 aliphatic heterocycles. The Labute approximate surface area is 459 Å². The number of rotatable bonds is 36. The van der Waals surface area contributed by atoms with Crippen molar-refractivity contribution < 1.29 is 9.59 Å². The van der Waals surface area contributed by atoms with E-state index in [-0.39, 0.29) is 60.9 Å². The summed E-state index contributed by atoms with van der Waals surface area (Å²) >= 11 is 0. The normalized spacial score (nSPS) is 11.8. The van der Waals surface area contributed by atoms with Crippen LogP contribution in [0.5, 0.6) is 0 Å². The molecule has 0 saturated heterocycles. The molecule has 0 aromatic carbocycles. The van der Waals surface area contributed by atoms with Gasteiger partial charge in [0, 0.05) is 62.1 Å². The van der Waals surface area contributed by atoms with Crippen molar-refractivity contribution in [3.8, 4) is 0 Å². The van der Waals surface area contributed by atoms with Crippen LogP contribution in [0.2, 0.25) is 0 Å². The van der Waals surface area contributed by atoms with Crippen LogP contribution in [-0.4, -0.2) is 85.8 Å². The van der Waals surface area contributed by atoms with E-state index in [1.165, 1.54) is 38.5 Å². The van der Waals surface area contributed by atoms with Crippen molar-refractivity contribution in [1.82, 2.24) is 31.1 Å². The van der Waals surface area contributed by atoms with Crippen LogP contribution in [0.4, 0.5) is 0 Å². The van der Waals surface area contributed by atoms with Crippen LogP contribution < -0.4 is 44.2 Å². The first-order valence-electron chi connectivity index (χ1n) is 26.6. The number of carbonyl (C=O) groups is 2. The summed E-state index contributed by atoms with van der Waals surface area (Å²) in [4.78, 5) is 28.9. The highest BCUT2D eigenvalue weighted by atomic mass is 16.1. The highest BCUT2D eigenvalue weighted by molar-refractivity contribution is 5.85. The topological polar surface area (TPSA) is 193 Å². The van der Waals surface area contributed by atoms with Crippen LogP contribution in [0.25, 0.3) is 0 Å². The first-order chi connectivity index (χ1) is 31.4. The Kier molecular flexibility index (Phi) is 65.3. The van der Waals surface area contributed by atoms with Crippen LogP contribution in [0.3, 0.4) is 0 Å². The average molecular weight is 1040 g/mol. The van der Waals surface area contributed by atoms with Gasteiger partial charge in [-0.05, 0) is 148 Å². The summed E-state index contributed by atoms with van der Waals surface area (Å²) in [5.41, 5.74) is 21.8. The summed E-state index contributed by atoms with van der Waals surface area (Å²) in [6, 6.07) is 1.65. The molecule has 0 fully saturated rings.